The second kappa shape index (κ2) is 9.82. The molecule has 2 amide bonds. The van der Waals surface area contributed by atoms with Crippen molar-refractivity contribution < 1.29 is 23.8 Å². The average Bonchev–Trinajstić information content (AvgIpc) is 3.15. The molecule has 0 saturated heterocycles. The highest BCUT2D eigenvalue weighted by Gasteiger charge is 2.48. The number of aromatic nitrogens is 2. The monoisotopic (exact) mass is 472 g/mol. The fraction of sp³-hybridized carbons (Fsp3) is 0.500. The predicted molar refractivity (Wildman–Crippen MR) is 121 cm³/mol. The van der Waals surface area contributed by atoms with Crippen LogP contribution in [-0.2, 0) is 23.4 Å². The van der Waals surface area contributed by atoms with Gasteiger partial charge in [-0.05, 0) is 55.7 Å². The minimum atomic E-state index is -0.955. The quantitative estimate of drug-likeness (QED) is 0.533. The summed E-state index contributed by atoms with van der Waals surface area (Å²) in [5.41, 5.74) is -1.43. The summed E-state index contributed by atoms with van der Waals surface area (Å²) in [4.78, 5) is 42.9. The average molecular weight is 473 g/mol. The number of fused-ring (bicyclic) bond motifs is 4. The molecule has 1 aromatic heterocycles. The second-order valence-corrected chi connectivity index (χ2v) is 8.99. The molecule has 10 heteroatoms. The molecule has 1 aliphatic carbocycles. The Morgan fingerprint density at radius 2 is 2.06 bits per heavy atom. The number of alkyl carbamates (subject to hydrolysis) is 1. The first-order valence-electron chi connectivity index (χ1n) is 11.6. The number of hydrogen-bond acceptors (Lipinski definition) is 6. The highest BCUT2D eigenvalue weighted by molar-refractivity contribution is 5.94. The van der Waals surface area contributed by atoms with Gasteiger partial charge in [0.2, 0.25) is 5.75 Å². The van der Waals surface area contributed by atoms with Crippen LogP contribution >= 0.6 is 0 Å². The van der Waals surface area contributed by atoms with Crippen molar-refractivity contribution in [3.63, 3.8) is 0 Å². The summed E-state index contributed by atoms with van der Waals surface area (Å²) >= 11 is 0. The zero-order valence-corrected chi connectivity index (χ0v) is 19.1. The van der Waals surface area contributed by atoms with E-state index in [-0.39, 0.29) is 24.9 Å². The van der Waals surface area contributed by atoms with Crippen LogP contribution in [0.15, 0.2) is 29.1 Å². The SMILES string of the molecule is CCCCOC(=O)NC12CCC(CCn3c1nc(C(=O)NCc1ccc(F)cc1)c(O)c3=O)C2. The van der Waals surface area contributed by atoms with E-state index in [1.807, 2.05) is 6.92 Å². The first-order valence-corrected chi connectivity index (χ1v) is 11.6. The Morgan fingerprint density at radius 3 is 2.79 bits per heavy atom. The number of nitrogens with zero attached hydrogens (tertiary/aromatic N) is 2. The molecule has 0 radical (unpaired) electrons. The maximum absolute atomic E-state index is 13.1. The Balaban J connectivity index is 1.63. The largest absolute Gasteiger partial charge is 0.501 e. The van der Waals surface area contributed by atoms with Crippen LogP contribution in [0.2, 0.25) is 0 Å². The summed E-state index contributed by atoms with van der Waals surface area (Å²) in [5.74, 6) is -1.33. The topological polar surface area (TPSA) is 123 Å². The zero-order chi connectivity index (χ0) is 24.3. The lowest BCUT2D eigenvalue weighted by Gasteiger charge is -2.31. The Hall–Kier alpha value is -3.43. The summed E-state index contributed by atoms with van der Waals surface area (Å²) in [6.45, 7) is 2.68. The third-order valence-corrected chi connectivity index (χ3v) is 6.60. The van der Waals surface area contributed by atoms with Crippen LogP contribution in [0.5, 0.6) is 5.75 Å². The molecule has 1 aliphatic heterocycles. The minimum Gasteiger partial charge on any atom is -0.501 e. The maximum Gasteiger partial charge on any atom is 0.407 e. The molecule has 2 aromatic rings. The molecule has 2 bridgehead atoms. The van der Waals surface area contributed by atoms with Gasteiger partial charge in [0.1, 0.15) is 17.2 Å². The third-order valence-electron chi connectivity index (χ3n) is 6.60. The Kier molecular flexibility index (Phi) is 6.85. The first kappa shape index (κ1) is 23.7. The molecule has 34 heavy (non-hydrogen) atoms. The van der Waals surface area contributed by atoms with Crippen LogP contribution in [0.1, 0.15) is 67.3 Å². The van der Waals surface area contributed by atoms with E-state index in [0.29, 0.717) is 31.4 Å². The number of unbranched alkanes of at least 4 members (excludes halogenated alkanes) is 1. The van der Waals surface area contributed by atoms with Crippen molar-refractivity contribution in [2.24, 2.45) is 5.92 Å². The molecular formula is C24H29FN4O5. The lowest BCUT2D eigenvalue weighted by molar-refractivity contribution is 0.0941. The van der Waals surface area contributed by atoms with Crippen molar-refractivity contribution in [1.82, 2.24) is 20.2 Å². The van der Waals surface area contributed by atoms with E-state index in [1.165, 1.54) is 28.8 Å². The van der Waals surface area contributed by atoms with Crippen LogP contribution in [0.3, 0.4) is 0 Å². The Morgan fingerprint density at radius 1 is 1.29 bits per heavy atom. The minimum absolute atomic E-state index is 0.0634. The summed E-state index contributed by atoms with van der Waals surface area (Å²) in [7, 11) is 0. The number of carbonyl (C=O) groups is 2. The number of halogens is 1. The van der Waals surface area contributed by atoms with Crippen LogP contribution in [-0.4, -0.2) is 33.3 Å². The van der Waals surface area contributed by atoms with E-state index in [4.69, 9.17) is 4.74 Å². The third kappa shape index (κ3) is 4.76. The van der Waals surface area contributed by atoms with Gasteiger partial charge in [0, 0.05) is 13.1 Å². The highest BCUT2D eigenvalue weighted by Crippen LogP contribution is 2.45. The molecule has 2 atom stereocenters. The van der Waals surface area contributed by atoms with Gasteiger partial charge in [-0.2, -0.15) is 0 Å². The van der Waals surface area contributed by atoms with E-state index in [9.17, 15) is 23.9 Å². The molecule has 182 valence electrons. The van der Waals surface area contributed by atoms with Crippen molar-refractivity contribution in [3.05, 3.63) is 57.5 Å². The van der Waals surface area contributed by atoms with Gasteiger partial charge in [-0.15, -0.1) is 0 Å². The molecule has 0 spiro atoms. The Labute approximate surface area is 196 Å². The van der Waals surface area contributed by atoms with Crippen molar-refractivity contribution in [1.29, 1.82) is 0 Å². The van der Waals surface area contributed by atoms with E-state index >= 15 is 0 Å². The van der Waals surface area contributed by atoms with Gasteiger partial charge in [-0.25, -0.2) is 14.2 Å². The van der Waals surface area contributed by atoms with E-state index in [2.05, 4.69) is 15.6 Å². The molecule has 9 nitrogen and oxygen atoms in total. The van der Waals surface area contributed by atoms with Gasteiger partial charge in [0.25, 0.3) is 11.5 Å². The van der Waals surface area contributed by atoms with E-state index < -0.39 is 40.4 Å². The molecule has 2 heterocycles. The number of benzene rings is 1. The number of nitrogens with one attached hydrogen (secondary N) is 2. The summed E-state index contributed by atoms with van der Waals surface area (Å²) in [6.07, 6.45) is 3.71. The number of carbonyl (C=O) groups excluding carboxylic acids is 2. The van der Waals surface area contributed by atoms with Gasteiger partial charge in [-0.1, -0.05) is 25.5 Å². The number of aromatic hydroxyl groups is 1. The summed E-state index contributed by atoms with van der Waals surface area (Å²) in [6, 6.07) is 5.60. The van der Waals surface area contributed by atoms with Crippen LogP contribution in [0, 0.1) is 11.7 Å². The molecule has 1 aromatic carbocycles. The smallest absolute Gasteiger partial charge is 0.407 e. The summed E-state index contributed by atoms with van der Waals surface area (Å²) in [5, 5.41) is 16.0. The normalized spacial score (nSPS) is 20.8. The lowest BCUT2D eigenvalue weighted by atomic mass is 9.94. The summed E-state index contributed by atoms with van der Waals surface area (Å²) < 4.78 is 19.8. The van der Waals surface area contributed by atoms with E-state index in [0.717, 1.165) is 19.3 Å². The van der Waals surface area contributed by atoms with Gasteiger partial charge in [-0.3, -0.25) is 14.2 Å². The molecule has 2 aliphatic rings. The fourth-order valence-corrected chi connectivity index (χ4v) is 4.76. The van der Waals surface area contributed by atoms with Crippen LogP contribution < -0.4 is 16.2 Å². The first-order chi connectivity index (χ1) is 16.3. The predicted octanol–water partition coefficient (Wildman–Crippen LogP) is 2.94. The molecule has 1 saturated carbocycles. The van der Waals surface area contributed by atoms with Gasteiger partial charge in [0.15, 0.2) is 5.69 Å². The van der Waals surface area contributed by atoms with Crippen molar-refractivity contribution in [2.45, 2.75) is 64.1 Å². The molecule has 3 N–H and O–H groups in total. The molecule has 4 rings (SSSR count). The lowest BCUT2D eigenvalue weighted by Crippen LogP contribution is -2.48. The number of rotatable bonds is 7. The number of ether oxygens (including phenoxy) is 1. The van der Waals surface area contributed by atoms with Crippen molar-refractivity contribution in [3.8, 4) is 5.75 Å². The van der Waals surface area contributed by atoms with Crippen molar-refractivity contribution >= 4 is 12.0 Å². The highest BCUT2D eigenvalue weighted by atomic mass is 19.1. The van der Waals surface area contributed by atoms with Gasteiger partial charge in [0.05, 0.1) is 6.61 Å². The van der Waals surface area contributed by atoms with Crippen molar-refractivity contribution in [2.75, 3.05) is 6.61 Å². The van der Waals surface area contributed by atoms with Gasteiger partial charge >= 0.3 is 6.09 Å². The second-order valence-electron chi connectivity index (χ2n) is 8.99. The number of amides is 2. The molecular weight excluding hydrogens is 443 g/mol. The number of hydrogen-bond donors (Lipinski definition) is 3. The maximum atomic E-state index is 13.1. The Bertz CT molecular complexity index is 1130. The molecule has 2 unspecified atom stereocenters. The fourth-order valence-electron chi connectivity index (χ4n) is 4.76. The van der Waals surface area contributed by atoms with E-state index in [1.54, 1.807) is 0 Å². The van der Waals surface area contributed by atoms with Gasteiger partial charge < -0.3 is 20.5 Å². The standard InChI is InChI=1S/C24H29FN4O5/c1-2-3-12-34-23(33)28-24-10-8-15(13-24)9-11-29-21(32)19(30)18(27-22(24)29)20(31)26-14-16-4-6-17(25)7-5-16/h4-7,15,30H,2-3,8-14H2,1H3,(H,26,31)(H,28,33). The zero-order valence-electron chi connectivity index (χ0n) is 19.1. The molecule has 1 fully saturated rings. The van der Waals surface area contributed by atoms with Crippen LogP contribution in [0.25, 0.3) is 0 Å². The van der Waals surface area contributed by atoms with Crippen LogP contribution in [0.4, 0.5) is 9.18 Å².